The van der Waals surface area contributed by atoms with Gasteiger partial charge in [-0.3, -0.25) is 0 Å². The van der Waals surface area contributed by atoms with Gasteiger partial charge in [-0.2, -0.15) is 0 Å². The van der Waals surface area contributed by atoms with E-state index in [-0.39, 0.29) is 30.1 Å². The summed E-state index contributed by atoms with van der Waals surface area (Å²) in [6.07, 6.45) is 5.95. The van der Waals surface area contributed by atoms with Gasteiger partial charge in [0, 0.05) is 25.4 Å². The average Bonchev–Trinajstić information content (AvgIpc) is 2.72. The number of hydrogen-bond donors (Lipinski definition) is 3. The van der Waals surface area contributed by atoms with Crippen LogP contribution in [0.3, 0.4) is 0 Å². The van der Waals surface area contributed by atoms with Crippen molar-refractivity contribution in [1.82, 2.24) is 5.32 Å². The Morgan fingerprint density at radius 2 is 1.76 bits per heavy atom. The largest absolute Gasteiger partial charge is 0.492 e. The van der Waals surface area contributed by atoms with Crippen LogP contribution in [0.4, 0.5) is 8.78 Å². The third-order valence-corrected chi connectivity index (χ3v) is 6.83. The van der Waals surface area contributed by atoms with Gasteiger partial charge in [0.2, 0.25) is 0 Å². The van der Waals surface area contributed by atoms with E-state index in [0.717, 1.165) is 18.6 Å². The molecule has 0 bridgehead atoms. The first-order valence-corrected chi connectivity index (χ1v) is 11.0. The Labute approximate surface area is 171 Å². The van der Waals surface area contributed by atoms with Gasteiger partial charge in [0.1, 0.15) is 24.6 Å². The number of ether oxygens (including phenoxy) is 2. The molecular formula is C22H33F2NO4. The first kappa shape index (κ1) is 21.2. The number of rotatable bonds is 6. The van der Waals surface area contributed by atoms with Crippen molar-refractivity contribution in [2.75, 3.05) is 13.1 Å². The summed E-state index contributed by atoms with van der Waals surface area (Å²) in [5, 5.41) is 24.1. The third-order valence-electron chi connectivity index (χ3n) is 6.83. The van der Waals surface area contributed by atoms with Crippen molar-refractivity contribution in [1.29, 1.82) is 0 Å². The van der Waals surface area contributed by atoms with Crippen molar-refractivity contribution >= 4 is 0 Å². The zero-order valence-corrected chi connectivity index (χ0v) is 16.8. The van der Waals surface area contributed by atoms with Crippen molar-refractivity contribution in [3.05, 3.63) is 24.0 Å². The van der Waals surface area contributed by atoms with E-state index in [1.807, 2.05) is 6.08 Å². The summed E-state index contributed by atoms with van der Waals surface area (Å²) >= 11 is 0. The minimum absolute atomic E-state index is 0.114. The highest BCUT2D eigenvalue weighted by atomic mass is 19.1. The lowest BCUT2D eigenvalue weighted by Crippen LogP contribution is -2.48. The van der Waals surface area contributed by atoms with Crippen molar-refractivity contribution in [3.8, 4) is 0 Å². The van der Waals surface area contributed by atoms with Gasteiger partial charge in [0.25, 0.3) is 0 Å². The topological polar surface area (TPSA) is 71.0 Å². The third kappa shape index (κ3) is 5.19. The van der Waals surface area contributed by atoms with E-state index in [1.165, 1.54) is 0 Å². The van der Waals surface area contributed by atoms with Gasteiger partial charge in [-0.05, 0) is 50.5 Å². The Hall–Kier alpha value is -1.02. The lowest BCUT2D eigenvalue weighted by molar-refractivity contribution is -0.116. The molecule has 0 amide bonds. The van der Waals surface area contributed by atoms with Crippen LogP contribution >= 0.6 is 0 Å². The molecule has 2 saturated heterocycles. The van der Waals surface area contributed by atoms with Crippen LogP contribution in [0.1, 0.15) is 44.9 Å². The number of aliphatic hydroxyl groups excluding tert-OH is 2. The second-order valence-corrected chi connectivity index (χ2v) is 9.01. The lowest BCUT2D eigenvalue weighted by atomic mass is 9.83. The molecule has 0 saturated carbocycles. The van der Waals surface area contributed by atoms with E-state index >= 15 is 0 Å². The standard InChI is InChI=1S/C22H33F2NO4/c23-15-3-7-19-13(9-15)1-5-21(28-19)17(26)11-25-12-18(27)22-6-2-14-10-16(24)4-8-20(14)29-22/h3,7-8,13-19,21-22,25-27H,1-2,4-6,9-12H2. The molecule has 3 N–H and O–H groups in total. The fourth-order valence-corrected chi connectivity index (χ4v) is 5.11. The van der Waals surface area contributed by atoms with Gasteiger partial charge in [-0.15, -0.1) is 0 Å². The van der Waals surface area contributed by atoms with E-state index in [9.17, 15) is 19.0 Å². The van der Waals surface area contributed by atoms with Gasteiger partial charge in [0.15, 0.2) is 0 Å². The lowest BCUT2D eigenvalue weighted by Gasteiger charge is -2.39. The molecular weight excluding hydrogens is 380 g/mol. The van der Waals surface area contributed by atoms with Crippen LogP contribution < -0.4 is 5.32 Å². The predicted molar refractivity (Wildman–Crippen MR) is 105 cm³/mol. The molecule has 0 aromatic carbocycles. The van der Waals surface area contributed by atoms with Crippen molar-refractivity contribution in [2.45, 2.75) is 87.8 Å². The molecule has 5 nitrogen and oxygen atoms in total. The number of halogens is 2. The summed E-state index contributed by atoms with van der Waals surface area (Å²) in [5.74, 6) is 1.17. The Morgan fingerprint density at radius 1 is 1.00 bits per heavy atom. The van der Waals surface area contributed by atoms with Crippen molar-refractivity contribution < 1.29 is 28.5 Å². The van der Waals surface area contributed by atoms with Crippen molar-refractivity contribution in [3.63, 3.8) is 0 Å². The molecule has 2 heterocycles. The molecule has 0 aromatic heterocycles. The van der Waals surface area contributed by atoms with E-state index in [2.05, 4.69) is 5.32 Å². The number of aliphatic hydroxyl groups is 2. The van der Waals surface area contributed by atoms with Crippen molar-refractivity contribution in [2.24, 2.45) is 11.8 Å². The van der Waals surface area contributed by atoms with Gasteiger partial charge < -0.3 is 25.0 Å². The van der Waals surface area contributed by atoms with Crippen LogP contribution in [0.5, 0.6) is 0 Å². The molecule has 2 aliphatic carbocycles. The number of hydrogen-bond acceptors (Lipinski definition) is 5. The molecule has 29 heavy (non-hydrogen) atoms. The van der Waals surface area contributed by atoms with Crippen LogP contribution in [0.25, 0.3) is 0 Å². The fraction of sp³-hybridized carbons (Fsp3) is 0.818. The maximum Gasteiger partial charge on any atom is 0.125 e. The van der Waals surface area contributed by atoms with E-state index in [0.29, 0.717) is 45.2 Å². The molecule has 0 aromatic rings. The van der Waals surface area contributed by atoms with Gasteiger partial charge in [0.05, 0.1) is 24.1 Å². The van der Waals surface area contributed by atoms with Crippen LogP contribution in [0.15, 0.2) is 24.0 Å². The molecule has 4 rings (SSSR count). The Kier molecular flexibility index (Phi) is 6.89. The molecule has 9 atom stereocenters. The second kappa shape index (κ2) is 9.41. The summed E-state index contributed by atoms with van der Waals surface area (Å²) in [6, 6.07) is 0. The highest BCUT2D eigenvalue weighted by Gasteiger charge is 2.37. The number of fused-ring (bicyclic) bond motifs is 2. The van der Waals surface area contributed by atoms with Crippen LogP contribution in [0, 0.1) is 11.8 Å². The summed E-state index contributed by atoms with van der Waals surface area (Å²) < 4.78 is 38.9. The van der Waals surface area contributed by atoms with Gasteiger partial charge >= 0.3 is 0 Å². The second-order valence-electron chi connectivity index (χ2n) is 9.01. The fourth-order valence-electron chi connectivity index (χ4n) is 5.11. The smallest absolute Gasteiger partial charge is 0.125 e. The van der Waals surface area contributed by atoms with Gasteiger partial charge in [-0.25, -0.2) is 8.78 Å². The first-order chi connectivity index (χ1) is 14.0. The minimum atomic E-state index is -0.885. The number of alkyl halides is 2. The molecule has 4 aliphatic rings. The Bertz CT molecular complexity index is 616. The predicted octanol–water partition coefficient (Wildman–Crippen LogP) is 2.57. The average molecular weight is 414 g/mol. The molecule has 7 heteroatoms. The zero-order valence-electron chi connectivity index (χ0n) is 16.8. The monoisotopic (exact) mass is 413 g/mol. The summed E-state index contributed by atoms with van der Waals surface area (Å²) in [4.78, 5) is 0. The zero-order chi connectivity index (χ0) is 20.4. The Morgan fingerprint density at radius 3 is 2.59 bits per heavy atom. The summed E-state index contributed by atoms with van der Waals surface area (Å²) in [6.45, 7) is 0.629. The first-order valence-electron chi connectivity index (χ1n) is 11.0. The van der Waals surface area contributed by atoms with Crippen LogP contribution in [-0.2, 0) is 9.47 Å². The maximum absolute atomic E-state index is 13.5. The quantitative estimate of drug-likeness (QED) is 0.584. The molecule has 0 radical (unpaired) electrons. The normalized spacial score (nSPS) is 41.5. The minimum Gasteiger partial charge on any atom is -0.492 e. The summed E-state index contributed by atoms with van der Waals surface area (Å²) in [5.41, 5.74) is 0. The van der Waals surface area contributed by atoms with E-state index < -0.39 is 24.6 Å². The highest BCUT2D eigenvalue weighted by Crippen LogP contribution is 2.37. The molecule has 0 spiro atoms. The Balaban J connectivity index is 1.19. The molecule has 164 valence electrons. The molecule has 2 fully saturated rings. The van der Waals surface area contributed by atoms with Crippen LogP contribution in [0.2, 0.25) is 0 Å². The van der Waals surface area contributed by atoms with E-state index in [1.54, 1.807) is 12.2 Å². The molecule has 2 aliphatic heterocycles. The maximum atomic E-state index is 13.5. The number of nitrogens with one attached hydrogen (secondary N) is 1. The summed E-state index contributed by atoms with van der Waals surface area (Å²) in [7, 11) is 0. The van der Waals surface area contributed by atoms with E-state index in [4.69, 9.17) is 9.47 Å². The highest BCUT2D eigenvalue weighted by molar-refractivity contribution is 5.08. The molecule has 9 unspecified atom stereocenters. The SMILES string of the molecule is OC(CNCC(O)C1CCC2CC(F)C=CC2O1)C1CCC2CC(F)CC=C2O1. The van der Waals surface area contributed by atoms with Gasteiger partial charge in [-0.1, -0.05) is 12.2 Å². The number of allylic oxidation sites excluding steroid dienone is 3. The van der Waals surface area contributed by atoms with Crippen LogP contribution in [-0.4, -0.2) is 66.2 Å².